The van der Waals surface area contributed by atoms with Crippen LogP contribution in [0, 0.1) is 6.92 Å². The van der Waals surface area contributed by atoms with Crippen molar-refractivity contribution in [2.75, 3.05) is 7.11 Å². The molecule has 0 saturated heterocycles. The van der Waals surface area contributed by atoms with Crippen LogP contribution in [0.15, 0.2) is 36.8 Å². The van der Waals surface area contributed by atoms with Crippen LogP contribution in [0.5, 0.6) is 0 Å². The predicted octanol–water partition coefficient (Wildman–Crippen LogP) is 2.54. The second-order valence-corrected chi connectivity index (χ2v) is 4.92. The van der Waals surface area contributed by atoms with Crippen molar-refractivity contribution in [2.45, 2.75) is 32.7 Å². The molecule has 0 aliphatic rings. The van der Waals surface area contributed by atoms with E-state index in [1.54, 1.807) is 0 Å². The summed E-state index contributed by atoms with van der Waals surface area (Å²) in [6.07, 6.45) is 5.81. The maximum atomic E-state index is 11.1. The minimum absolute atomic E-state index is 0.195. The number of hydrogen-bond acceptors (Lipinski definition) is 3. The molecular weight excluding hydrogens is 252 g/mol. The highest BCUT2D eigenvalue weighted by Gasteiger charge is 2.04. The van der Waals surface area contributed by atoms with Crippen LogP contribution in [0.4, 0.5) is 0 Å². The zero-order chi connectivity index (χ0) is 14.4. The van der Waals surface area contributed by atoms with Gasteiger partial charge in [0, 0.05) is 19.2 Å². The highest BCUT2D eigenvalue weighted by atomic mass is 16.5. The van der Waals surface area contributed by atoms with Gasteiger partial charge >= 0.3 is 5.97 Å². The van der Waals surface area contributed by atoms with Crippen LogP contribution in [0.2, 0.25) is 0 Å². The first-order valence-corrected chi connectivity index (χ1v) is 6.80. The molecule has 0 aliphatic carbocycles. The molecule has 1 aromatic carbocycles. The quantitative estimate of drug-likeness (QED) is 0.759. The third-order valence-corrected chi connectivity index (χ3v) is 3.24. The highest BCUT2D eigenvalue weighted by molar-refractivity contribution is 5.69. The van der Waals surface area contributed by atoms with E-state index in [-0.39, 0.29) is 5.97 Å². The molecule has 0 spiro atoms. The molecule has 0 unspecified atom stereocenters. The van der Waals surface area contributed by atoms with Gasteiger partial charge in [0.25, 0.3) is 0 Å². The van der Waals surface area contributed by atoms with E-state index in [1.165, 1.54) is 18.2 Å². The topological polar surface area (TPSA) is 44.1 Å². The molecule has 0 N–H and O–H groups in total. The number of imidazole rings is 1. The zero-order valence-corrected chi connectivity index (χ0v) is 12.0. The fourth-order valence-electron chi connectivity index (χ4n) is 2.12. The molecule has 0 fully saturated rings. The first kappa shape index (κ1) is 14.3. The number of ether oxygens (including phenoxy) is 1. The van der Waals surface area contributed by atoms with Gasteiger partial charge in [-0.15, -0.1) is 0 Å². The van der Waals surface area contributed by atoms with E-state index >= 15 is 0 Å². The smallest absolute Gasteiger partial charge is 0.305 e. The summed E-state index contributed by atoms with van der Waals surface area (Å²) in [5, 5.41) is 0. The van der Waals surface area contributed by atoms with Gasteiger partial charge in [-0.25, -0.2) is 4.98 Å². The normalized spacial score (nSPS) is 10.5. The van der Waals surface area contributed by atoms with Crippen molar-refractivity contribution in [1.82, 2.24) is 9.55 Å². The van der Waals surface area contributed by atoms with Crippen LogP contribution in [-0.2, 0) is 28.9 Å². The Morgan fingerprint density at radius 2 is 2.20 bits per heavy atom. The van der Waals surface area contributed by atoms with Crippen LogP contribution in [0.3, 0.4) is 0 Å². The molecule has 106 valence electrons. The van der Waals surface area contributed by atoms with Crippen molar-refractivity contribution in [1.29, 1.82) is 0 Å². The predicted molar refractivity (Wildman–Crippen MR) is 77.4 cm³/mol. The molecule has 1 aromatic heterocycles. The fourth-order valence-corrected chi connectivity index (χ4v) is 2.12. The number of rotatable bonds is 6. The lowest BCUT2D eigenvalue weighted by atomic mass is 10.1. The van der Waals surface area contributed by atoms with Crippen LogP contribution in [0.25, 0.3) is 0 Å². The lowest BCUT2D eigenvalue weighted by Gasteiger charge is -2.03. The number of aryl methyl sites for hydroxylation is 4. The second-order valence-electron chi connectivity index (χ2n) is 4.92. The van der Waals surface area contributed by atoms with Crippen LogP contribution >= 0.6 is 0 Å². The summed E-state index contributed by atoms with van der Waals surface area (Å²) >= 11 is 0. The lowest BCUT2D eigenvalue weighted by Crippen LogP contribution is -2.02. The molecule has 0 radical (unpaired) electrons. The average Bonchev–Trinajstić information content (AvgIpc) is 2.90. The maximum Gasteiger partial charge on any atom is 0.305 e. The third kappa shape index (κ3) is 4.23. The molecule has 1 heterocycles. The monoisotopic (exact) mass is 272 g/mol. The molecule has 0 aliphatic heterocycles. The molecular formula is C16H20N2O2. The van der Waals surface area contributed by atoms with Crippen LogP contribution in [-0.4, -0.2) is 22.6 Å². The van der Waals surface area contributed by atoms with Gasteiger partial charge in [0.15, 0.2) is 0 Å². The van der Waals surface area contributed by atoms with Gasteiger partial charge in [-0.1, -0.05) is 29.8 Å². The van der Waals surface area contributed by atoms with Gasteiger partial charge < -0.3 is 9.30 Å². The average molecular weight is 272 g/mol. The summed E-state index contributed by atoms with van der Waals surface area (Å²) in [5.74, 6) is -0.195. The Bertz CT molecular complexity index is 575. The number of aromatic nitrogens is 2. The summed E-state index contributed by atoms with van der Waals surface area (Å²) in [5.41, 5.74) is 3.54. The molecule has 2 rings (SSSR count). The fraction of sp³-hybridized carbons (Fsp3) is 0.375. The van der Waals surface area contributed by atoms with Crippen molar-refractivity contribution in [3.63, 3.8) is 0 Å². The summed E-state index contributed by atoms with van der Waals surface area (Å²) in [6, 6.07) is 8.53. The molecule has 0 saturated carbocycles. The summed E-state index contributed by atoms with van der Waals surface area (Å²) < 4.78 is 6.69. The minimum atomic E-state index is -0.195. The Labute approximate surface area is 119 Å². The van der Waals surface area contributed by atoms with Gasteiger partial charge in [-0.2, -0.15) is 0 Å². The molecule has 0 amide bonds. The van der Waals surface area contributed by atoms with Gasteiger partial charge in [0.2, 0.25) is 0 Å². The van der Waals surface area contributed by atoms with Crippen molar-refractivity contribution in [3.8, 4) is 0 Å². The number of methoxy groups -OCH3 is 1. The van der Waals surface area contributed by atoms with E-state index in [1.807, 2.05) is 12.5 Å². The van der Waals surface area contributed by atoms with Crippen molar-refractivity contribution < 1.29 is 9.53 Å². The SMILES string of the molecule is COC(=O)CCc1cn(CCc2cccc(C)c2)cn1. The lowest BCUT2D eigenvalue weighted by molar-refractivity contribution is -0.140. The van der Waals surface area contributed by atoms with Gasteiger partial charge in [-0.05, 0) is 18.9 Å². The number of hydrogen-bond donors (Lipinski definition) is 0. The Hall–Kier alpha value is -2.10. The van der Waals surface area contributed by atoms with E-state index in [9.17, 15) is 4.79 Å². The zero-order valence-electron chi connectivity index (χ0n) is 12.0. The first-order chi connectivity index (χ1) is 9.67. The summed E-state index contributed by atoms with van der Waals surface area (Å²) in [4.78, 5) is 15.4. The molecule has 2 aromatic rings. The number of benzene rings is 1. The summed E-state index contributed by atoms with van der Waals surface area (Å²) in [6.45, 7) is 3.00. The second kappa shape index (κ2) is 6.89. The Morgan fingerprint density at radius 3 is 2.95 bits per heavy atom. The molecule has 20 heavy (non-hydrogen) atoms. The Morgan fingerprint density at radius 1 is 1.35 bits per heavy atom. The number of nitrogens with zero attached hydrogens (tertiary/aromatic N) is 2. The van der Waals surface area contributed by atoms with E-state index in [4.69, 9.17) is 0 Å². The number of carbonyl (C=O) groups is 1. The van der Waals surface area contributed by atoms with Crippen molar-refractivity contribution in [3.05, 3.63) is 53.6 Å². The standard InChI is InChI=1S/C16H20N2O2/c1-13-4-3-5-14(10-13)8-9-18-11-15(17-12-18)6-7-16(19)20-2/h3-5,10-12H,6-9H2,1-2H3. The van der Waals surface area contributed by atoms with Crippen LogP contribution in [0.1, 0.15) is 23.2 Å². The summed E-state index contributed by atoms with van der Waals surface area (Å²) in [7, 11) is 1.41. The highest BCUT2D eigenvalue weighted by Crippen LogP contribution is 2.07. The van der Waals surface area contributed by atoms with E-state index in [2.05, 4.69) is 45.5 Å². The Kier molecular flexibility index (Phi) is 4.93. The van der Waals surface area contributed by atoms with Crippen molar-refractivity contribution in [2.24, 2.45) is 0 Å². The molecule has 0 atom stereocenters. The van der Waals surface area contributed by atoms with E-state index in [0.29, 0.717) is 12.8 Å². The number of carbonyl (C=O) groups excluding carboxylic acids is 1. The third-order valence-electron chi connectivity index (χ3n) is 3.24. The molecule has 4 heteroatoms. The van der Waals surface area contributed by atoms with Crippen molar-refractivity contribution >= 4 is 5.97 Å². The minimum Gasteiger partial charge on any atom is -0.469 e. The van der Waals surface area contributed by atoms with Gasteiger partial charge in [0.05, 0.1) is 25.6 Å². The molecule has 4 nitrogen and oxygen atoms in total. The molecule has 0 bridgehead atoms. The van der Waals surface area contributed by atoms with Gasteiger partial charge in [0.1, 0.15) is 0 Å². The largest absolute Gasteiger partial charge is 0.469 e. The Balaban J connectivity index is 1.85. The van der Waals surface area contributed by atoms with E-state index < -0.39 is 0 Å². The van der Waals surface area contributed by atoms with Gasteiger partial charge in [-0.3, -0.25) is 4.79 Å². The number of esters is 1. The first-order valence-electron chi connectivity index (χ1n) is 6.80. The van der Waals surface area contributed by atoms with E-state index in [0.717, 1.165) is 18.7 Å². The van der Waals surface area contributed by atoms with Crippen LogP contribution < -0.4 is 0 Å². The maximum absolute atomic E-state index is 11.1.